The molecule has 0 spiro atoms. The molecule has 4 atom stereocenters. The average molecular weight is 372 g/mol. The minimum Gasteiger partial charge on any atom is -0.481 e. The quantitative estimate of drug-likeness (QED) is 0.218. The Morgan fingerprint density at radius 3 is 2.19 bits per heavy atom. The van der Waals surface area contributed by atoms with Gasteiger partial charge in [0.2, 0.25) is 11.8 Å². The highest BCUT2D eigenvalue weighted by Crippen LogP contribution is 2.23. The molecular weight excluding hydrogens is 352 g/mol. The van der Waals surface area contributed by atoms with E-state index >= 15 is 0 Å². The summed E-state index contributed by atoms with van der Waals surface area (Å²) in [5.74, 6) is -9.20. The maximum Gasteiger partial charge on any atom is 0.330 e. The second kappa shape index (κ2) is 8.01. The molecule has 0 radical (unpaired) electrons. The molecule has 1 aliphatic heterocycles. The number of carbonyl (C=O) groups is 6. The van der Waals surface area contributed by atoms with Gasteiger partial charge in [-0.25, -0.2) is 4.79 Å². The van der Waals surface area contributed by atoms with Crippen molar-refractivity contribution >= 4 is 35.3 Å². The number of ketones is 2. The zero-order valence-corrected chi connectivity index (χ0v) is 13.9. The molecule has 144 valence electrons. The SMILES string of the molecule is CC(N)C(=O)NC(CC(=O)O)(CC(=O)C1C(=O)NC(CN)C1=O)C(=O)O. The van der Waals surface area contributed by atoms with Crippen LogP contribution in [-0.4, -0.2) is 69.7 Å². The van der Waals surface area contributed by atoms with Crippen LogP contribution in [0.5, 0.6) is 0 Å². The van der Waals surface area contributed by atoms with Crippen LogP contribution in [0.1, 0.15) is 19.8 Å². The van der Waals surface area contributed by atoms with Crippen LogP contribution >= 0.6 is 0 Å². The molecule has 1 rings (SSSR count). The highest BCUT2D eigenvalue weighted by Gasteiger charge is 2.50. The third-order valence-corrected chi connectivity index (χ3v) is 3.88. The van der Waals surface area contributed by atoms with E-state index in [1.807, 2.05) is 5.32 Å². The Morgan fingerprint density at radius 2 is 1.81 bits per heavy atom. The lowest BCUT2D eigenvalue weighted by Gasteiger charge is -2.29. The van der Waals surface area contributed by atoms with E-state index in [2.05, 4.69) is 5.32 Å². The van der Waals surface area contributed by atoms with Crippen molar-refractivity contribution in [3.05, 3.63) is 0 Å². The third kappa shape index (κ3) is 4.40. The van der Waals surface area contributed by atoms with Crippen molar-refractivity contribution in [3.8, 4) is 0 Å². The summed E-state index contributed by atoms with van der Waals surface area (Å²) in [4.78, 5) is 70.8. The number of carboxylic acids is 2. The first-order chi connectivity index (χ1) is 11.9. The molecule has 0 saturated carbocycles. The highest BCUT2D eigenvalue weighted by molar-refractivity contribution is 6.25. The summed E-state index contributed by atoms with van der Waals surface area (Å²) in [5, 5.41) is 22.6. The molecule has 4 unspecified atom stereocenters. The van der Waals surface area contributed by atoms with Gasteiger partial charge in [0.05, 0.1) is 12.5 Å². The van der Waals surface area contributed by atoms with Crippen LogP contribution in [-0.2, 0) is 28.8 Å². The van der Waals surface area contributed by atoms with Crippen LogP contribution in [0.15, 0.2) is 0 Å². The summed E-state index contributed by atoms with van der Waals surface area (Å²) in [5.41, 5.74) is 8.08. The molecule has 1 fully saturated rings. The molecule has 1 heterocycles. The van der Waals surface area contributed by atoms with Crippen LogP contribution in [0.3, 0.4) is 0 Å². The van der Waals surface area contributed by atoms with E-state index in [1.54, 1.807) is 0 Å². The normalized spacial score (nSPS) is 22.9. The smallest absolute Gasteiger partial charge is 0.330 e. The van der Waals surface area contributed by atoms with Gasteiger partial charge < -0.3 is 32.3 Å². The number of carbonyl (C=O) groups excluding carboxylic acids is 4. The lowest BCUT2D eigenvalue weighted by Crippen LogP contribution is -2.60. The van der Waals surface area contributed by atoms with E-state index in [9.17, 15) is 33.9 Å². The number of hydrogen-bond acceptors (Lipinski definition) is 8. The van der Waals surface area contributed by atoms with Gasteiger partial charge in [0.15, 0.2) is 23.0 Å². The van der Waals surface area contributed by atoms with Crippen molar-refractivity contribution in [2.45, 2.75) is 37.4 Å². The fraction of sp³-hybridized carbons (Fsp3) is 0.571. The maximum absolute atomic E-state index is 12.4. The molecule has 0 aromatic heterocycles. The Bertz CT molecular complexity index is 661. The van der Waals surface area contributed by atoms with Gasteiger partial charge in [-0.2, -0.15) is 0 Å². The maximum atomic E-state index is 12.4. The molecule has 0 aliphatic carbocycles. The van der Waals surface area contributed by atoms with Gasteiger partial charge in [-0.15, -0.1) is 0 Å². The number of Topliss-reactive ketones (excluding diaryl/α,β-unsaturated/α-hetero) is 2. The standard InChI is InChI=1S/C14H20N4O8/c1-5(16)11(23)18-14(13(25)26,3-8(20)21)2-7(19)9-10(22)6(4-15)17-12(9)24/h5-6,9H,2-4,15-16H2,1H3,(H,17,24)(H,18,23)(H,20,21)(H,25,26). The zero-order valence-electron chi connectivity index (χ0n) is 13.9. The van der Waals surface area contributed by atoms with Crippen molar-refractivity contribution in [2.24, 2.45) is 17.4 Å². The van der Waals surface area contributed by atoms with Crippen LogP contribution < -0.4 is 22.1 Å². The topological polar surface area (TPSA) is 219 Å². The lowest BCUT2D eigenvalue weighted by atomic mass is 9.83. The Balaban J connectivity index is 3.18. The number of aliphatic carboxylic acids is 2. The zero-order chi connectivity index (χ0) is 20.2. The van der Waals surface area contributed by atoms with E-state index < -0.39 is 71.7 Å². The summed E-state index contributed by atoms with van der Waals surface area (Å²) in [6, 6.07) is -2.27. The van der Waals surface area contributed by atoms with Gasteiger partial charge >= 0.3 is 11.9 Å². The Kier molecular flexibility index (Phi) is 6.53. The molecule has 1 saturated heterocycles. The molecule has 12 nitrogen and oxygen atoms in total. The van der Waals surface area contributed by atoms with E-state index in [0.29, 0.717) is 0 Å². The predicted octanol–water partition coefficient (Wildman–Crippen LogP) is -3.65. The number of nitrogens with one attached hydrogen (secondary N) is 2. The number of nitrogens with two attached hydrogens (primary N) is 2. The van der Waals surface area contributed by atoms with Crippen LogP contribution in [0.2, 0.25) is 0 Å². The second-order valence-corrected chi connectivity index (χ2v) is 6.01. The van der Waals surface area contributed by atoms with Crippen LogP contribution in [0, 0.1) is 5.92 Å². The number of hydrogen-bond donors (Lipinski definition) is 6. The van der Waals surface area contributed by atoms with E-state index in [4.69, 9.17) is 16.6 Å². The molecule has 1 aliphatic rings. The molecule has 8 N–H and O–H groups in total. The number of carboxylic acid groups (broad SMARTS) is 2. The molecule has 2 amide bonds. The first-order valence-corrected chi connectivity index (χ1v) is 7.55. The molecular formula is C14H20N4O8. The fourth-order valence-electron chi connectivity index (χ4n) is 2.50. The van der Waals surface area contributed by atoms with Gasteiger partial charge in [0, 0.05) is 13.0 Å². The second-order valence-electron chi connectivity index (χ2n) is 6.01. The van der Waals surface area contributed by atoms with Crippen molar-refractivity contribution in [2.75, 3.05) is 6.54 Å². The number of rotatable bonds is 9. The monoisotopic (exact) mass is 372 g/mol. The van der Waals surface area contributed by atoms with Crippen LogP contribution in [0.25, 0.3) is 0 Å². The van der Waals surface area contributed by atoms with E-state index in [0.717, 1.165) is 0 Å². The summed E-state index contributed by atoms with van der Waals surface area (Å²) < 4.78 is 0. The summed E-state index contributed by atoms with van der Waals surface area (Å²) in [6.45, 7) is 0.972. The summed E-state index contributed by atoms with van der Waals surface area (Å²) >= 11 is 0. The minimum atomic E-state index is -2.56. The predicted molar refractivity (Wildman–Crippen MR) is 83.5 cm³/mol. The first kappa shape index (κ1) is 21.2. The van der Waals surface area contributed by atoms with Gasteiger partial charge in [0.1, 0.15) is 6.04 Å². The minimum absolute atomic E-state index is 0.255. The molecule has 12 heteroatoms. The Labute approximate surface area is 147 Å². The number of amides is 2. The van der Waals surface area contributed by atoms with E-state index in [1.165, 1.54) is 6.92 Å². The summed E-state index contributed by atoms with van der Waals surface area (Å²) in [7, 11) is 0. The lowest BCUT2D eigenvalue weighted by molar-refractivity contribution is -0.155. The molecule has 26 heavy (non-hydrogen) atoms. The Morgan fingerprint density at radius 1 is 1.23 bits per heavy atom. The fourth-order valence-corrected chi connectivity index (χ4v) is 2.50. The van der Waals surface area contributed by atoms with E-state index in [-0.39, 0.29) is 6.54 Å². The molecule has 0 aromatic carbocycles. The van der Waals surface area contributed by atoms with Crippen molar-refractivity contribution in [1.82, 2.24) is 10.6 Å². The largest absolute Gasteiger partial charge is 0.481 e. The van der Waals surface area contributed by atoms with Crippen molar-refractivity contribution in [1.29, 1.82) is 0 Å². The summed E-state index contributed by atoms with van der Waals surface area (Å²) in [6.07, 6.45) is -2.25. The Hall–Kier alpha value is -2.86. The first-order valence-electron chi connectivity index (χ1n) is 7.55. The molecule has 0 aromatic rings. The van der Waals surface area contributed by atoms with Crippen molar-refractivity contribution in [3.63, 3.8) is 0 Å². The van der Waals surface area contributed by atoms with Gasteiger partial charge in [-0.3, -0.25) is 24.0 Å². The van der Waals surface area contributed by atoms with Gasteiger partial charge in [-0.05, 0) is 6.92 Å². The highest BCUT2D eigenvalue weighted by atomic mass is 16.4. The van der Waals surface area contributed by atoms with Gasteiger partial charge in [0.25, 0.3) is 0 Å². The average Bonchev–Trinajstić information content (AvgIpc) is 2.80. The third-order valence-electron chi connectivity index (χ3n) is 3.88. The van der Waals surface area contributed by atoms with Crippen molar-refractivity contribution < 1.29 is 39.0 Å². The molecule has 0 bridgehead atoms. The van der Waals surface area contributed by atoms with Crippen LogP contribution in [0.4, 0.5) is 0 Å². The van der Waals surface area contributed by atoms with Gasteiger partial charge in [-0.1, -0.05) is 0 Å².